The van der Waals surface area contributed by atoms with Crippen LogP contribution in [0.4, 0.5) is 13.2 Å². The van der Waals surface area contributed by atoms with Crippen LogP contribution < -0.4 is 10.6 Å². The van der Waals surface area contributed by atoms with E-state index in [1.807, 2.05) is 0 Å². The molecule has 1 unspecified atom stereocenters. The zero-order valence-corrected chi connectivity index (χ0v) is 10.1. The fraction of sp³-hybridized carbons (Fsp3) is 0.800. The van der Waals surface area contributed by atoms with Crippen molar-refractivity contribution >= 4 is 11.9 Å². The van der Waals surface area contributed by atoms with Crippen molar-refractivity contribution in [2.45, 2.75) is 31.7 Å². The maximum absolute atomic E-state index is 13.0. The van der Waals surface area contributed by atoms with Gasteiger partial charge in [-0.3, -0.25) is 4.79 Å². The molecule has 0 radical (unpaired) electrons. The fourth-order valence-corrected chi connectivity index (χ4v) is 1.92. The molecule has 3 atom stereocenters. The van der Waals surface area contributed by atoms with Crippen LogP contribution in [0.25, 0.3) is 0 Å². The van der Waals surface area contributed by atoms with Crippen molar-refractivity contribution < 1.29 is 33.0 Å². The van der Waals surface area contributed by atoms with Gasteiger partial charge >= 0.3 is 12.1 Å². The van der Waals surface area contributed by atoms with Gasteiger partial charge in [0, 0.05) is 6.54 Å². The largest absolute Gasteiger partial charge is 0.480 e. The summed E-state index contributed by atoms with van der Waals surface area (Å²) >= 11 is 0. The van der Waals surface area contributed by atoms with E-state index < -0.39 is 48.6 Å². The van der Waals surface area contributed by atoms with Gasteiger partial charge in [0.05, 0.1) is 6.10 Å². The van der Waals surface area contributed by atoms with E-state index in [2.05, 4.69) is 5.32 Å². The van der Waals surface area contributed by atoms with Gasteiger partial charge in [-0.2, -0.15) is 13.2 Å². The lowest BCUT2D eigenvalue weighted by molar-refractivity contribution is -0.217. The van der Waals surface area contributed by atoms with Crippen molar-refractivity contribution in [2.24, 2.45) is 5.41 Å². The maximum atomic E-state index is 13.0. The van der Waals surface area contributed by atoms with E-state index in [-0.39, 0.29) is 6.54 Å². The molecule has 1 amide bonds. The standard InChI is InChI=1S/C10H15F3N2O4/c1-5(16)6(7(17)18)15-8(19)9(10(11,12)13)2-3-14-4-9/h5-6,14,16H,2-4H2,1H3,(H,15,19)(H,17,18)/t5-,6+,9?/m1/s1. The monoisotopic (exact) mass is 284 g/mol. The van der Waals surface area contributed by atoms with Gasteiger partial charge in [-0.05, 0) is 19.9 Å². The summed E-state index contributed by atoms with van der Waals surface area (Å²) in [5.74, 6) is -3.02. The van der Waals surface area contributed by atoms with E-state index in [1.165, 1.54) is 0 Å². The number of nitrogens with one attached hydrogen (secondary N) is 2. The van der Waals surface area contributed by atoms with Crippen LogP contribution in [0, 0.1) is 5.41 Å². The highest BCUT2D eigenvalue weighted by molar-refractivity contribution is 5.88. The van der Waals surface area contributed by atoms with Crippen LogP contribution in [0.15, 0.2) is 0 Å². The van der Waals surface area contributed by atoms with Crippen LogP contribution >= 0.6 is 0 Å². The van der Waals surface area contributed by atoms with Gasteiger partial charge in [0.1, 0.15) is 0 Å². The van der Waals surface area contributed by atoms with E-state index in [0.29, 0.717) is 0 Å². The average Bonchev–Trinajstić information content (AvgIpc) is 2.73. The first-order valence-electron chi connectivity index (χ1n) is 5.61. The van der Waals surface area contributed by atoms with Crippen LogP contribution in [0.2, 0.25) is 0 Å². The topological polar surface area (TPSA) is 98.7 Å². The van der Waals surface area contributed by atoms with Crippen molar-refractivity contribution in [3.63, 3.8) is 0 Å². The second-order valence-corrected chi connectivity index (χ2v) is 4.54. The van der Waals surface area contributed by atoms with Crippen molar-refractivity contribution in [1.29, 1.82) is 0 Å². The minimum atomic E-state index is -4.79. The summed E-state index contributed by atoms with van der Waals surface area (Å²) in [6, 6.07) is -1.77. The fourth-order valence-electron chi connectivity index (χ4n) is 1.92. The van der Waals surface area contributed by atoms with Gasteiger partial charge in [0.25, 0.3) is 0 Å². The second-order valence-electron chi connectivity index (χ2n) is 4.54. The summed E-state index contributed by atoms with van der Waals surface area (Å²) < 4.78 is 39.0. The number of aliphatic carboxylic acids is 1. The lowest BCUT2D eigenvalue weighted by atomic mass is 9.84. The summed E-state index contributed by atoms with van der Waals surface area (Å²) in [6.07, 6.45) is -6.75. The predicted octanol–water partition coefficient (Wildman–Crippen LogP) is -0.521. The molecule has 110 valence electrons. The van der Waals surface area contributed by atoms with Crippen LogP contribution in [-0.2, 0) is 9.59 Å². The molecule has 1 aliphatic heterocycles. The minimum absolute atomic E-state index is 0.0132. The second kappa shape index (κ2) is 5.33. The van der Waals surface area contributed by atoms with Crippen molar-refractivity contribution in [2.75, 3.05) is 13.1 Å². The van der Waals surface area contributed by atoms with Crippen molar-refractivity contribution in [1.82, 2.24) is 10.6 Å². The number of aliphatic hydroxyl groups is 1. The third-order valence-corrected chi connectivity index (χ3v) is 3.17. The Morgan fingerprint density at radius 1 is 1.42 bits per heavy atom. The number of amides is 1. The van der Waals surface area contributed by atoms with Crippen LogP contribution in [0.5, 0.6) is 0 Å². The Kier molecular flexibility index (Phi) is 4.41. The van der Waals surface area contributed by atoms with E-state index in [0.717, 1.165) is 6.92 Å². The third kappa shape index (κ3) is 2.98. The van der Waals surface area contributed by atoms with Crippen LogP contribution in [0.1, 0.15) is 13.3 Å². The molecule has 0 bridgehead atoms. The average molecular weight is 284 g/mol. The Morgan fingerprint density at radius 3 is 2.32 bits per heavy atom. The Bertz CT molecular complexity index is 364. The van der Waals surface area contributed by atoms with Crippen LogP contribution in [-0.4, -0.2) is 53.5 Å². The normalized spacial score (nSPS) is 26.8. The van der Waals surface area contributed by atoms with Gasteiger partial charge in [0.15, 0.2) is 11.5 Å². The summed E-state index contributed by atoms with van der Waals surface area (Å²) in [7, 11) is 0. The minimum Gasteiger partial charge on any atom is -0.480 e. The summed E-state index contributed by atoms with van der Waals surface area (Å²) in [5.41, 5.74) is -2.64. The molecule has 0 aliphatic carbocycles. The Hall–Kier alpha value is -1.35. The van der Waals surface area contributed by atoms with Crippen molar-refractivity contribution in [3.05, 3.63) is 0 Å². The lowest BCUT2D eigenvalue weighted by Gasteiger charge is -2.31. The number of aliphatic hydroxyl groups excluding tert-OH is 1. The molecule has 4 N–H and O–H groups in total. The molecule has 19 heavy (non-hydrogen) atoms. The number of hydrogen-bond acceptors (Lipinski definition) is 4. The predicted molar refractivity (Wildman–Crippen MR) is 57.2 cm³/mol. The molecule has 0 aromatic carbocycles. The highest BCUT2D eigenvalue weighted by Crippen LogP contribution is 2.43. The number of carboxylic acid groups (broad SMARTS) is 1. The van der Waals surface area contributed by atoms with Gasteiger partial charge in [-0.15, -0.1) is 0 Å². The highest BCUT2D eigenvalue weighted by atomic mass is 19.4. The molecule has 1 saturated heterocycles. The highest BCUT2D eigenvalue weighted by Gasteiger charge is 2.61. The molecule has 1 aliphatic rings. The molecule has 1 rings (SSSR count). The van der Waals surface area contributed by atoms with E-state index in [4.69, 9.17) is 10.2 Å². The van der Waals surface area contributed by atoms with Crippen molar-refractivity contribution in [3.8, 4) is 0 Å². The first-order valence-corrected chi connectivity index (χ1v) is 5.61. The smallest absolute Gasteiger partial charge is 0.404 e. The SMILES string of the molecule is C[C@@H](O)[C@H](NC(=O)C1(C(F)(F)F)CCNC1)C(=O)O. The number of carbonyl (C=O) groups excluding carboxylic acids is 1. The molecule has 0 aromatic rings. The van der Waals surface area contributed by atoms with Gasteiger partial charge in [-0.1, -0.05) is 0 Å². The zero-order valence-electron chi connectivity index (χ0n) is 10.1. The first kappa shape index (κ1) is 15.7. The van der Waals surface area contributed by atoms with Gasteiger partial charge in [0.2, 0.25) is 5.91 Å². The zero-order chi connectivity index (χ0) is 14.8. The molecule has 1 heterocycles. The number of alkyl halides is 3. The molecular formula is C10H15F3N2O4. The quantitative estimate of drug-likeness (QED) is 0.557. The summed E-state index contributed by atoms with van der Waals surface area (Å²) in [5, 5.41) is 22.1. The van der Waals surface area contributed by atoms with Crippen LogP contribution in [0.3, 0.4) is 0 Å². The molecule has 9 heteroatoms. The number of rotatable bonds is 4. The summed E-state index contributed by atoms with van der Waals surface area (Å²) in [4.78, 5) is 22.6. The lowest BCUT2D eigenvalue weighted by Crippen LogP contribution is -2.58. The molecule has 6 nitrogen and oxygen atoms in total. The van der Waals surface area contributed by atoms with E-state index in [1.54, 1.807) is 5.32 Å². The Labute approximate surface area is 107 Å². The number of carboxylic acids is 1. The summed E-state index contributed by atoms with van der Waals surface area (Å²) in [6.45, 7) is 0.486. The first-order chi connectivity index (χ1) is 8.62. The van der Waals surface area contributed by atoms with E-state index >= 15 is 0 Å². The number of carbonyl (C=O) groups is 2. The molecule has 1 fully saturated rings. The Balaban J connectivity index is 2.93. The van der Waals surface area contributed by atoms with E-state index in [9.17, 15) is 22.8 Å². The van der Waals surface area contributed by atoms with Gasteiger partial charge < -0.3 is 20.8 Å². The molecule has 0 saturated carbocycles. The molecular weight excluding hydrogens is 269 g/mol. The third-order valence-electron chi connectivity index (χ3n) is 3.17. The number of halogens is 3. The van der Waals surface area contributed by atoms with Gasteiger partial charge in [-0.25, -0.2) is 4.79 Å². The number of hydrogen-bond donors (Lipinski definition) is 4. The molecule has 0 aromatic heterocycles. The Morgan fingerprint density at radius 2 is 2.00 bits per heavy atom. The maximum Gasteiger partial charge on any atom is 0.404 e. The molecule has 0 spiro atoms.